The first-order chi connectivity index (χ1) is 9.04. The lowest BCUT2D eigenvalue weighted by Crippen LogP contribution is -2.36. The summed E-state index contributed by atoms with van der Waals surface area (Å²) in [5.74, 6) is 0.369. The first-order valence-corrected chi connectivity index (χ1v) is 7.68. The topological polar surface area (TPSA) is 62.5 Å². The van der Waals surface area contributed by atoms with Crippen LogP contribution in [0, 0.1) is 0 Å². The predicted molar refractivity (Wildman–Crippen MR) is 79.8 cm³/mol. The van der Waals surface area contributed by atoms with Crippen molar-refractivity contribution in [3.8, 4) is 0 Å². The lowest BCUT2D eigenvalue weighted by atomic mass is 10.3. The van der Waals surface area contributed by atoms with Crippen molar-refractivity contribution in [2.45, 2.75) is 39.7 Å². The summed E-state index contributed by atoms with van der Waals surface area (Å²) < 4.78 is 0. The van der Waals surface area contributed by atoms with E-state index >= 15 is 0 Å². The summed E-state index contributed by atoms with van der Waals surface area (Å²) in [4.78, 5) is 21.4. The Balaban J connectivity index is 2.22. The fourth-order valence-corrected chi connectivity index (χ4v) is 3.38. The van der Waals surface area contributed by atoms with E-state index in [4.69, 9.17) is 5.73 Å². The Morgan fingerprint density at radius 3 is 2.63 bits per heavy atom. The van der Waals surface area contributed by atoms with Gasteiger partial charge in [-0.3, -0.25) is 4.79 Å². The molecule has 2 rings (SSSR count). The molecule has 0 unspecified atom stereocenters. The molecule has 106 valence electrons. The normalized spacial score (nSPS) is 15.3. The van der Waals surface area contributed by atoms with Crippen LogP contribution in [0.2, 0.25) is 0 Å². The van der Waals surface area contributed by atoms with Crippen LogP contribution in [0.5, 0.6) is 0 Å². The smallest absolute Gasteiger partial charge is 0.268 e. The Bertz CT molecular complexity index is 451. The number of hydrogen-bond acceptors (Lipinski definition) is 5. The molecule has 1 amide bonds. The van der Waals surface area contributed by atoms with Crippen molar-refractivity contribution in [3.05, 3.63) is 4.88 Å². The summed E-state index contributed by atoms with van der Waals surface area (Å²) in [6.45, 7) is 8.73. The Kier molecular flexibility index (Phi) is 4.29. The fourth-order valence-electron chi connectivity index (χ4n) is 2.39. The quantitative estimate of drug-likeness (QED) is 0.919. The molecule has 1 saturated heterocycles. The maximum atomic E-state index is 12.5. The number of rotatable bonds is 4. The van der Waals surface area contributed by atoms with Gasteiger partial charge in [0.1, 0.15) is 10.7 Å². The number of hydrogen-bond donors (Lipinski definition) is 1. The van der Waals surface area contributed by atoms with E-state index in [9.17, 15) is 4.79 Å². The van der Waals surface area contributed by atoms with Crippen LogP contribution >= 0.6 is 11.3 Å². The average molecular weight is 282 g/mol. The highest BCUT2D eigenvalue weighted by Gasteiger charge is 2.25. The van der Waals surface area contributed by atoms with E-state index < -0.39 is 0 Å². The number of nitrogens with two attached hydrogens (primary N) is 1. The largest absolute Gasteiger partial charge is 0.382 e. The molecule has 19 heavy (non-hydrogen) atoms. The van der Waals surface area contributed by atoms with E-state index in [1.807, 2.05) is 25.7 Å². The molecule has 1 aromatic rings. The molecule has 0 aliphatic carbocycles. The number of carbonyl (C=O) groups is 1. The van der Waals surface area contributed by atoms with Crippen LogP contribution in [-0.2, 0) is 0 Å². The van der Waals surface area contributed by atoms with Gasteiger partial charge in [-0.2, -0.15) is 0 Å². The van der Waals surface area contributed by atoms with Gasteiger partial charge in [0.15, 0.2) is 5.13 Å². The zero-order chi connectivity index (χ0) is 14.0. The van der Waals surface area contributed by atoms with Crippen LogP contribution < -0.4 is 10.6 Å². The molecular weight excluding hydrogens is 260 g/mol. The maximum absolute atomic E-state index is 12.5. The van der Waals surface area contributed by atoms with E-state index in [2.05, 4.69) is 9.88 Å². The number of carbonyl (C=O) groups excluding carboxylic acids is 1. The maximum Gasteiger partial charge on any atom is 0.268 e. The molecule has 0 aromatic carbocycles. The molecule has 0 radical (unpaired) electrons. The SMILES string of the molecule is CCN(C(=O)c1sc(N2CCCC2)nc1N)C(C)C. The molecule has 0 saturated carbocycles. The number of thiazole rings is 1. The van der Waals surface area contributed by atoms with Gasteiger partial charge < -0.3 is 15.5 Å². The number of anilines is 2. The third-order valence-electron chi connectivity index (χ3n) is 3.44. The van der Waals surface area contributed by atoms with Crippen molar-refractivity contribution >= 4 is 28.2 Å². The van der Waals surface area contributed by atoms with E-state index in [0.717, 1.165) is 18.2 Å². The van der Waals surface area contributed by atoms with Gasteiger partial charge in [-0.25, -0.2) is 4.98 Å². The highest BCUT2D eigenvalue weighted by atomic mass is 32.1. The molecule has 1 fully saturated rings. The van der Waals surface area contributed by atoms with Gasteiger partial charge in [0, 0.05) is 25.7 Å². The highest BCUT2D eigenvalue weighted by Crippen LogP contribution is 2.31. The van der Waals surface area contributed by atoms with Crippen LogP contribution in [0.15, 0.2) is 0 Å². The second-order valence-electron chi connectivity index (χ2n) is 5.09. The van der Waals surface area contributed by atoms with Crippen molar-refractivity contribution in [2.75, 3.05) is 30.3 Å². The van der Waals surface area contributed by atoms with Gasteiger partial charge in [-0.05, 0) is 33.6 Å². The molecule has 1 aliphatic heterocycles. The molecule has 2 heterocycles. The minimum Gasteiger partial charge on any atom is -0.382 e. The van der Waals surface area contributed by atoms with E-state index in [0.29, 0.717) is 17.2 Å². The zero-order valence-corrected chi connectivity index (χ0v) is 12.7. The zero-order valence-electron chi connectivity index (χ0n) is 11.8. The standard InChI is InChI=1S/C13H22N4OS/c1-4-17(9(2)3)12(18)10-11(14)15-13(19-10)16-7-5-6-8-16/h9H,4-8,14H2,1-3H3. The minimum absolute atomic E-state index is 0.00190. The Hall–Kier alpha value is -1.30. The van der Waals surface area contributed by atoms with Gasteiger partial charge in [0.2, 0.25) is 0 Å². The lowest BCUT2D eigenvalue weighted by Gasteiger charge is -2.24. The van der Waals surface area contributed by atoms with Gasteiger partial charge in [-0.1, -0.05) is 11.3 Å². The Morgan fingerprint density at radius 1 is 1.47 bits per heavy atom. The van der Waals surface area contributed by atoms with Gasteiger partial charge in [-0.15, -0.1) is 0 Å². The number of nitrogens with zero attached hydrogens (tertiary/aromatic N) is 3. The monoisotopic (exact) mass is 282 g/mol. The summed E-state index contributed by atoms with van der Waals surface area (Å²) in [7, 11) is 0. The minimum atomic E-state index is -0.00190. The second-order valence-corrected chi connectivity index (χ2v) is 6.07. The number of aromatic nitrogens is 1. The molecule has 0 atom stereocenters. The third-order valence-corrected chi connectivity index (χ3v) is 4.56. The van der Waals surface area contributed by atoms with Crippen molar-refractivity contribution in [3.63, 3.8) is 0 Å². The molecular formula is C13H22N4OS. The molecule has 1 aromatic heterocycles. The van der Waals surface area contributed by atoms with Gasteiger partial charge in [0.25, 0.3) is 5.91 Å². The molecule has 1 aliphatic rings. The average Bonchev–Trinajstić information content (AvgIpc) is 2.97. The number of nitrogen functional groups attached to an aromatic ring is 1. The highest BCUT2D eigenvalue weighted by molar-refractivity contribution is 7.18. The molecule has 5 nitrogen and oxygen atoms in total. The molecule has 0 bridgehead atoms. The van der Waals surface area contributed by atoms with Crippen LogP contribution in [0.1, 0.15) is 43.3 Å². The fraction of sp³-hybridized carbons (Fsp3) is 0.692. The summed E-state index contributed by atoms with van der Waals surface area (Å²) in [5, 5.41) is 0.887. The Labute approximate surface area is 118 Å². The summed E-state index contributed by atoms with van der Waals surface area (Å²) in [5.41, 5.74) is 5.93. The van der Waals surface area contributed by atoms with Crippen molar-refractivity contribution in [1.82, 2.24) is 9.88 Å². The summed E-state index contributed by atoms with van der Waals surface area (Å²) in [6.07, 6.45) is 2.38. The molecule has 6 heteroatoms. The van der Waals surface area contributed by atoms with Crippen LogP contribution in [0.25, 0.3) is 0 Å². The lowest BCUT2D eigenvalue weighted by molar-refractivity contribution is 0.0722. The van der Waals surface area contributed by atoms with Crippen molar-refractivity contribution in [2.24, 2.45) is 0 Å². The summed E-state index contributed by atoms with van der Waals surface area (Å²) in [6, 6.07) is 0.175. The van der Waals surface area contributed by atoms with E-state index in [-0.39, 0.29) is 11.9 Å². The second kappa shape index (κ2) is 5.77. The summed E-state index contributed by atoms with van der Waals surface area (Å²) >= 11 is 1.42. The first-order valence-electron chi connectivity index (χ1n) is 6.86. The van der Waals surface area contributed by atoms with Crippen molar-refractivity contribution in [1.29, 1.82) is 0 Å². The van der Waals surface area contributed by atoms with Crippen LogP contribution in [0.4, 0.5) is 10.9 Å². The Morgan fingerprint density at radius 2 is 2.11 bits per heavy atom. The van der Waals surface area contributed by atoms with E-state index in [1.165, 1.54) is 24.2 Å². The van der Waals surface area contributed by atoms with E-state index in [1.54, 1.807) is 0 Å². The van der Waals surface area contributed by atoms with Crippen molar-refractivity contribution < 1.29 is 4.79 Å². The van der Waals surface area contributed by atoms with Gasteiger partial charge in [0.05, 0.1) is 0 Å². The molecule has 2 N–H and O–H groups in total. The van der Waals surface area contributed by atoms with Gasteiger partial charge >= 0.3 is 0 Å². The predicted octanol–water partition coefficient (Wildman–Crippen LogP) is 2.20. The number of amides is 1. The van der Waals surface area contributed by atoms with Crippen LogP contribution in [0.3, 0.4) is 0 Å². The third kappa shape index (κ3) is 2.83. The molecule has 0 spiro atoms. The van der Waals surface area contributed by atoms with Crippen LogP contribution in [-0.4, -0.2) is 41.5 Å². The first kappa shape index (κ1) is 14.1.